The molecule has 156 valence electrons. The van der Waals surface area contributed by atoms with Gasteiger partial charge in [0.1, 0.15) is 5.75 Å². The number of halogens is 1. The Kier molecular flexibility index (Phi) is 4.82. The van der Waals surface area contributed by atoms with Gasteiger partial charge >= 0.3 is 0 Å². The van der Waals surface area contributed by atoms with Gasteiger partial charge in [-0.15, -0.1) is 0 Å². The van der Waals surface area contributed by atoms with Crippen molar-refractivity contribution in [3.8, 4) is 11.6 Å². The zero-order chi connectivity index (χ0) is 21.5. The van der Waals surface area contributed by atoms with E-state index < -0.39 is 0 Å². The van der Waals surface area contributed by atoms with Gasteiger partial charge in [-0.05, 0) is 56.2 Å². The number of methoxy groups -OCH3 is 1. The zero-order valence-corrected chi connectivity index (χ0v) is 17.8. The van der Waals surface area contributed by atoms with Crippen LogP contribution in [0.3, 0.4) is 0 Å². The second-order valence-corrected chi connectivity index (χ2v) is 7.96. The summed E-state index contributed by atoms with van der Waals surface area (Å²) < 4.78 is 6.89. The number of hydrogen-bond donors (Lipinski definition) is 1. The number of carbonyl (C=O) groups is 1. The minimum absolute atomic E-state index is 0.237. The van der Waals surface area contributed by atoms with Crippen molar-refractivity contribution in [2.45, 2.75) is 25.7 Å². The van der Waals surface area contributed by atoms with Crippen molar-refractivity contribution in [2.24, 2.45) is 0 Å². The molecular formula is C23H20ClN5O2. The number of anilines is 1. The van der Waals surface area contributed by atoms with Crippen LogP contribution in [0.5, 0.6) is 5.75 Å². The maximum absolute atomic E-state index is 13.3. The molecule has 1 fully saturated rings. The smallest absolute Gasteiger partial charge is 0.256 e. The minimum atomic E-state index is -0.237. The number of ether oxygens (including phenoxy) is 1. The van der Waals surface area contributed by atoms with E-state index in [2.05, 4.69) is 15.4 Å². The molecule has 0 bridgehead atoms. The van der Waals surface area contributed by atoms with Crippen LogP contribution in [0.15, 0.2) is 48.7 Å². The van der Waals surface area contributed by atoms with E-state index in [1.165, 1.54) is 0 Å². The van der Waals surface area contributed by atoms with Gasteiger partial charge in [0, 0.05) is 23.5 Å². The number of rotatable bonds is 5. The van der Waals surface area contributed by atoms with Crippen molar-refractivity contribution < 1.29 is 9.53 Å². The molecule has 8 heteroatoms. The van der Waals surface area contributed by atoms with E-state index in [0.717, 1.165) is 18.5 Å². The number of pyridine rings is 2. The number of nitrogens with zero attached hydrogens (tertiary/aromatic N) is 4. The van der Waals surface area contributed by atoms with Crippen LogP contribution in [-0.2, 0) is 0 Å². The number of nitrogens with one attached hydrogen (secondary N) is 1. The summed E-state index contributed by atoms with van der Waals surface area (Å²) in [7, 11) is 1.55. The van der Waals surface area contributed by atoms with Crippen molar-refractivity contribution in [3.05, 3.63) is 70.6 Å². The maximum Gasteiger partial charge on any atom is 0.256 e. The molecule has 0 unspecified atom stereocenters. The molecule has 1 saturated carbocycles. The Balaban J connectivity index is 1.61. The average Bonchev–Trinajstić information content (AvgIpc) is 3.58. The fourth-order valence-electron chi connectivity index (χ4n) is 3.66. The van der Waals surface area contributed by atoms with Crippen LogP contribution in [0.4, 0.5) is 5.69 Å². The van der Waals surface area contributed by atoms with Crippen LogP contribution in [0, 0.1) is 6.92 Å². The van der Waals surface area contributed by atoms with E-state index in [9.17, 15) is 4.79 Å². The van der Waals surface area contributed by atoms with Crippen LogP contribution in [0.25, 0.3) is 16.9 Å². The summed E-state index contributed by atoms with van der Waals surface area (Å²) in [4.78, 5) is 22.6. The van der Waals surface area contributed by atoms with Gasteiger partial charge in [-0.2, -0.15) is 9.78 Å². The lowest BCUT2D eigenvalue weighted by molar-refractivity contribution is 0.102. The molecule has 0 aliphatic heterocycles. The van der Waals surface area contributed by atoms with Gasteiger partial charge < -0.3 is 10.1 Å². The fourth-order valence-corrected chi connectivity index (χ4v) is 3.91. The van der Waals surface area contributed by atoms with E-state index >= 15 is 0 Å². The normalized spacial score (nSPS) is 13.4. The predicted molar refractivity (Wildman–Crippen MR) is 119 cm³/mol. The molecule has 1 aliphatic carbocycles. The first-order valence-electron chi connectivity index (χ1n) is 10.0. The van der Waals surface area contributed by atoms with E-state index in [4.69, 9.17) is 21.3 Å². The summed E-state index contributed by atoms with van der Waals surface area (Å²) in [6.07, 6.45) is 3.86. The number of benzene rings is 1. The van der Waals surface area contributed by atoms with E-state index in [0.29, 0.717) is 50.5 Å². The molecule has 3 aromatic heterocycles. The minimum Gasteiger partial charge on any atom is -0.495 e. The highest BCUT2D eigenvalue weighted by Gasteiger charge is 2.29. The maximum atomic E-state index is 13.3. The van der Waals surface area contributed by atoms with Gasteiger partial charge in [0.25, 0.3) is 5.91 Å². The molecule has 5 rings (SSSR count). The first-order chi connectivity index (χ1) is 15.0. The van der Waals surface area contributed by atoms with E-state index in [1.54, 1.807) is 36.2 Å². The number of hydrogen-bond acceptors (Lipinski definition) is 5. The lowest BCUT2D eigenvalue weighted by atomic mass is 10.1. The van der Waals surface area contributed by atoms with Crippen molar-refractivity contribution in [1.82, 2.24) is 19.7 Å². The number of aryl methyl sites for hydroxylation is 1. The average molecular weight is 434 g/mol. The largest absolute Gasteiger partial charge is 0.495 e. The van der Waals surface area contributed by atoms with Crippen LogP contribution in [0.1, 0.15) is 40.5 Å². The summed E-state index contributed by atoms with van der Waals surface area (Å²) in [5, 5.41) is 8.73. The fraction of sp³-hybridized carbons (Fsp3) is 0.217. The molecule has 7 nitrogen and oxygen atoms in total. The van der Waals surface area contributed by atoms with Crippen molar-refractivity contribution in [1.29, 1.82) is 0 Å². The Labute approximate surface area is 184 Å². The van der Waals surface area contributed by atoms with Crippen LogP contribution < -0.4 is 10.1 Å². The topological polar surface area (TPSA) is 81.9 Å². The van der Waals surface area contributed by atoms with Crippen LogP contribution >= 0.6 is 11.6 Å². The standard InChI is InChI=1S/C23H20ClN5O2/c1-13-21-16(23(30)26-15-8-9-19(31-2)17(24)11-15)12-18(14-6-7-14)27-22(21)29(28-13)20-5-3-4-10-25-20/h3-5,8-12,14H,6-7H2,1-2H3,(H,26,30). The molecular weight excluding hydrogens is 414 g/mol. The predicted octanol–water partition coefficient (Wildman–Crippen LogP) is 4.92. The lowest BCUT2D eigenvalue weighted by Crippen LogP contribution is -2.14. The summed E-state index contributed by atoms with van der Waals surface area (Å²) in [5.74, 6) is 1.35. The Morgan fingerprint density at radius 1 is 1.23 bits per heavy atom. The highest BCUT2D eigenvalue weighted by atomic mass is 35.5. The lowest BCUT2D eigenvalue weighted by Gasteiger charge is -2.11. The van der Waals surface area contributed by atoms with Gasteiger partial charge in [-0.3, -0.25) is 4.79 Å². The van der Waals surface area contributed by atoms with Gasteiger partial charge in [0.15, 0.2) is 11.5 Å². The van der Waals surface area contributed by atoms with Gasteiger partial charge in [-0.25, -0.2) is 9.97 Å². The third-order valence-electron chi connectivity index (χ3n) is 5.35. The van der Waals surface area contributed by atoms with Crippen molar-refractivity contribution >= 4 is 34.2 Å². The summed E-state index contributed by atoms with van der Waals surface area (Å²) in [5.41, 5.74) is 3.39. The van der Waals surface area contributed by atoms with Gasteiger partial charge in [-0.1, -0.05) is 17.7 Å². The molecule has 1 amide bonds. The molecule has 1 N–H and O–H groups in total. The second-order valence-electron chi connectivity index (χ2n) is 7.56. The second kappa shape index (κ2) is 7.67. The first kappa shape index (κ1) is 19.5. The van der Waals surface area contributed by atoms with Crippen molar-refractivity contribution in [2.75, 3.05) is 12.4 Å². The third kappa shape index (κ3) is 3.61. The van der Waals surface area contributed by atoms with E-state index in [1.807, 2.05) is 31.2 Å². The molecule has 4 aromatic rings. The molecule has 0 atom stereocenters. The molecule has 0 radical (unpaired) electrons. The van der Waals surface area contributed by atoms with Crippen LogP contribution in [0.2, 0.25) is 5.02 Å². The number of carbonyl (C=O) groups excluding carboxylic acids is 1. The van der Waals surface area contributed by atoms with Crippen LogP contribution in [-0.4, -0.2) is 32.8 Å². The third-order valence-corrected chi connectivity index (χ3v) is 5.64. The summed E-state index contributed by atoms with van der Waals surface area (Å²) in [6, 6.07) is 12.7. The number of aromatic nitrogens is 4. The molecule has 0 saturated heterocycles. The molecule has 31 heavy (non-hydrogen) atoms. The Bertz CT molecular complexity index is 1300. The highest BCUT2D eigenvalue weighted by molar-refractivity contribution is 6.32. The highest BCUT2D eigenvalue weighted by Crippen LogP contribution is 2.41. The zero-order valence-electron chi connectivity index (χ0n) is 17.1. The summed E-state index contributed by atoms with van der Waals surface area (Å²) in [6.45, 7) is 1.88. The van der Waals surface area contributed by atoms with Gasteiger partial charge in [0.05, 0.1) is 28.8 Å². The molecule has 0 spiro atoms. The first-order valence-corrected chi connectivity index (χ1v) is 10.4. The summed E-state index contributed by atoms with van der Waals surface area (Å²) >= 11 is 6.22. The Morgan fingerprint density at radius 3 is 2.74 bits per heavy atom. The van der Waals surface area contributed by atoms with Gasteiger partial charge in [0.2, 0.25) is 0 Å². The van der Waals surface area contributed by atoms with Crippen molar-refractivity contribution in [3.63, 3.8) is 0 Å². The SMILES string of the molecule is COc1ccc(NC(=O)c2cc(C3CC3)nc3c2c(C)nn3-c2ccccn2)cc1Cl. The molecule has 1 aromatic carbocycles. The van der Waals surface area contributed by atoms with E-state index in [-0.39, 0.29) is 5.91 Å². The molecule has 1 aliphatic rings. The quantitative estimate of drug-likeness (QED) is 0.483. The number of amides is 1. The number of fused-ring (bicyclic) bond motifs is 1. The monoisotopic (exact) mass is 433 g/mol. The molecule has 3 heterocycles. The Hall–Kier alpha value is -3.45. The Morgan fingerprint density at radius 2 is 2.06 bits per heavy atom.